The van der Waals surface area contributed by atoms with Gasteiger partial charge in [-0.2, -0.15) is 0 Å². The van der Waals surface area contributed by atoms with E-state index in [2.05, 4.69) is 42.4 Å². The average Bonchev–Trinajstić information content (AvgIpc) is 2.95. The summed E-state index contributed by atoms with van der Waals surface area (Å²) in [6, 6.07) is 7.83. The molecule has 1 aromatic carbocycles. The zero-order valence-electron chi connectivity index (χ0n) is 13.0. The molecule has 2 heteroatoms. The fraction of sp³-hybridized carbons (Fsp3) is 0.667. The van der Waals surface area contributed by atoms with Gasteiger partial charge in [-0.3, -0.25) is 4.90 Å². The summed E-state index contributed by atoms with van der Waals surface area (Å²) < 4.78 is 0. The predicted molar refractivity (Wildman–Crippen MR) is 84.5 cm³/mol. The Balaban J connectivity index is 1.57. The van der Waals surface area contributed by atoms with Gasteiger partial charge in [0.15, 0.2) is 0 Å². The summed E-state index contributed by atoms with van der Waals surface area (Å²) >= 11 is 0. The third-order valence-electron chi connectivity index (χ3n) is 5.35. The third kappa shape index (κ3) is 3.07. The Morgan fingerprint density at radius 2 is 1.85 bits per heavy atom. The van der Waals surface area contributed by atoms with Crippen LogP contribution >= 0.6 is 0 Å². The first-order valence-electron chi connectivity index (χ1n) is 8.28. The predicted octanol–water partition coefficient (Wildman–Crippen LogP) is 3.69. The number of nitrogens with one attached hydrogen (secondary N) is 1. The van der Waals surface area contributed by atoms with Crippen LogP contribution in [-0.4, -0.2) is 18.0 Å². The highest BCUT2D eigenvalue weighted by Crippen LogP contribution is 2.29. The van der Waals surface area contributed by atoms with E-state index >= 15 is 0 Å². The molecule has 1 N–H and O–H groups in total. The van der Waals surface area contributed by atoms with Crippen LogP contribution in [-0.2, 0) is 19.6 Å². The highest BCUT2D eigenvalue weighted by Gasteiger charge is 2.23. The Morgan fingerprint density at radius 3 is 2.60 bits per heavy atom. The van der Waals surface area contributed by atoms with E-state index < -0.39 is 0 Å². The van der Waals surface area contributed by atoms with Crippen molar-refractivity contribution >= 4 is 0 Å². The van der Waals surface area contributed by atoms with E-state index in [0.29, 0.717) is 0 Å². The van der Waals surface area contributed by atoms with Crippen LogP contribution in [0.5, 0.6) is 0 Å². The Bertz CT molecular complexity index is 447. The summed E-state index contributed by atoms with van der Waals surface area (Å²) in [7, 11) is 2.31. The summed E-state index contributed by atoms with van der Waals surface area (Å²) in [5, 5.41) is 3.43. The SMILES string of the molecule is CCC1CCC(N(C)Cc2ccc3c(c2)CNC3)CC1. The first-order valence-corrected chi connectivity index (χ1v) is 8.28. The zero-order chi connectivity index (χ0) is 13.9. The van der Waals surface area contributed by atoms with Gasteiger partial charge in [-0.15, -0.1) is 0 Å². The highest BCUT2D eigenvalue weighted by molar-refractivity contribution is 5.34. The Hall–Kier alpha value is -0.860. The van der Waals surface area contributed by atoms with E-state index in [1.165, 1.54) is 48.8 Å². The van der Waals surface area contributed by atoms with Crippen LogP contribution in [0.1, 0.15) is 55.7 Å². The molecule has 0 aromatic heterocycles. The lowest BCUT2D eigenvalue weighted by Gasteiger charge is -2.34. The minimum Gasteiger partial charge on any atom is -0.309 e. The van der Waals surface area contributed by atoms with Crippen molar-refractivity contribution in [2.24, 2.45) is 5.92 Å². The molecule has 2 nitrogen and oxygen atoms in total. The molecule has 2 aliphatic rings. The van der Waals surface area contributed by atoms with Gasteiger partial charge >= 0.3 is 0 Å². The number of nitrogens with zero attached hydrogens (tertiary/aromatic N) is 1. The first kappa shape index (κ1) is 14.1. The second kappa shape index (κ2) is 6.28. The minimum absolute atomic E-state index is 0.796. The van der Waals surface area contributed by atoms with Crippen molar-refractivity contribution in [3.8, 4) is 0 Å². The van der Waals surface area contributed by atoms with Crippen LogP contribution < -0.4 is 5.32 Å². The van der Waals surface area contributed by atoms with Gasteiger partial charge in [-0.25, -0.2) is 0 Å². The summed E-state index contributed by atoms with van der Waals surface area (Å²) in [6.07, 6.45) is 7.01. The van der Waals surface area contributed by atoms with E-state index in [1.807, 2.05) is 0 Å². The van der Waals surface area contributed by atoms with E-state index in [1.54, 1.807) is 0 Å². The highest BCUT2D eigenvalue weighted by atomic mass is 15.1. The lowest BCUT2D eigenvalue weighted by Crippen LogP contribution is -2.34. The second-order valence-electron chi connectivity index (χ2n) is 6.70. The normalized spacial score (nSPS) is 25.9. The van der Waals surface area contributed by atoms with Gasteiger partial charge in [0.25, 0.3) is 0 Å². The third-order valence-corrected chi connectivity index (χ3v) is 5.35. The van der Waals surface area contributed by atoms with Crippen LogP contribution in [0.15, 0.2) is 18.2 Å². The van der Waals surface area contributed by atoms with Crippen molar-refractivity contribution in [2.75, 3.05) is 7.05 Å². The van der Waals surface area contributed by atoms with Gasteiger partial charge < -0.3 is 5.32 Å². The molecule has 1 aromatic rings. The second-order valence-corrected chi connectivity index (χ2v) is 6.70. The minimum atomic E-state index is 0.796. The summed E-state index contributed by atoms with van der Waals surface area (Å²) in [6.45, 7) is 5.54. The Kier molecular flexibility index (Phi) is 4.42. The molecule has 0 bridgehead atoms. The molecule has 20 heavy (non-hydrogen) atoms. The van der Waals surface area contributed by atoms with Gasteiger partial charge in [0.05, 0.1) is 0 Å². The molecular weight excluding hydrogens is 244 g/mol. The summed E-state index contributed by atoms with van der Waals surface area (Å²) in [5.41, 5.74) is 4.47. The van der Waals surface area contributed by atoms with Crippen LogP contribution in [0.3, 0.4) is 0 Å². The fourth-order valence-electron chi connectivity index (χ4n) is 3.86. The molecule has 0 saturated heterocycles. The molecule has 1 heterocycles. The number of hydrogen-bond acceptors (Lipinski definition) is 2. The number of rotatable bonds is 4. The van der Waals surface area contributed by atoms with Gasteiger partial charge in [0.1, 0.15) is 0 Å². The van der Waals surface area contributed by atoms with E-state index in [-0.39, 0.29) is 0 Å². The molecule has 110 valence electrons. The molecule has 1 saturated carbocycles. The van der Waals surface area contributed by atoms with E-state index in [4.69, 9.17) is 0 Å². The van der Waals surface area contributed by atoms with Crippen LogP contribution in [0.2, 0.25) is 0 Å². The van der Waals surface area contributed by atoms with Gasteiger partial charge in [0, 0.05) is 25.7 Å². The molecule has 0 atom stereocenters. The van der Waals surface area contributed by atoms with Crippen molar-refractivity contribution < 1.29 is 0 Å². The molecule has 0 unspecified atom stereocenters. The van der Waals surface area contributed by atoms with Crippen molar-refractivity contribution in [1.82, 2.24) is 10.2 Å². The largest absolute Gasteiger partial charge is 0.309 e. The maximum Gasteiger partial charge on any atom is 0.0233 e. The number of benzene rings is 1. The van der Waals surface area contributed by atoms with Crippen LogP contribution in [0, 0.1) is 5.92 Å². The molecule has 3 rings (SSSR count). The van der Waals surface area contributed by atoms with Gasteiger partial charge in [-0.05, 0) is 55.3 Å². The van der Waals surface area contributed by atoms with Crippen molar-refractivity contribution in [3.05, 3.63) is 34.9 Å². The quantitative estimate of drug-likeness (QED) is 0.899. The summed E-state index contributed by atoms with van der Waals surface area (Å²) in [5.74, 6) is 0.991. The maximum atomic E-state index is 3.43. The molecule has 1 aliphatic carbocycles. The standard InChI is InChI=1S/C18H28N2/c1-3-14-5-8-18(9-6-14)20(2)13-15-4-7-16-11-19-12-17(16)10-15/h4,7,10,14,18-19H,3,5-6,8-9,11-13H2,1-2H3. The van der Waals surface area contributed by atoms with Crippen LogP contribution in [0.4, 0.5) is 0 Å². The van der Waals surface area contributed by atoms with Crippen molar-refractivity contribution in [2.45, 2.75) is 64.7 Å². The monoisotopic (exact) mass is 272 g/mol. The average molecular weight is 272 g/mol. The number of fused-ring (bicyclic) bond motifs is 1. The van der Waals surface area contributed by atoms with Gasteiger partial charge in [0.2, 0.25) is 0 Å². The molecular formula is C18H28N2. The number of hydrogen-bond donors (Lipinski definition) is 1. The first-order chi connectivity index (χ1) is 9.76. The molecule has 0 radical (unpaired) electrons. The molecule has 0 spiro atoms. The van der Waals surface area contributed by atoms with Crippen LogP contribution in [0.25, 0.3) is 0 Å². The lowest BCUT2D eigenvalue weighted by molar-refractivity contribution is 0.157. The zero-order valence-corrected chi connectivity index (χ0v) is 13.0. The van der Waals surface area contributed by atoms with Crippen molar-refractivity contribution in [1.29, 1.82) is 0 Å². The van der Waals surface area contributed by atoms with E-state index in [9.17, 15) is 0 Å². The fourth-order valence-corrected chi connectivity index (χ4v) is 3.86. The van der Waals surface area contributed by atoms with Gasteiger partial charge in [-0.1, -0.05) is 31.5 Å². The maximum absolute atomic E-state index is 3.43. The van der Waals surface area contributed by atoms with Crippen molar-refractivity contribution in [3.63, 3.8) is 0 Å². The molecule has 1 aliphatic heterocycles. The summed E-state index contributed by atoms with van der Waals surface area (Å²) in [4.78, 5) is 2.58. The van der Waals surface area contributed by atoms with E-state index in [0.717, 1.165) is 31.6 Å². The smallest absolute Gasteiger partial charge is 0.0233 e. The Morgan fingerprint density at radius 1 is 1.10 bits per heavy atom. The molecule has 0 amide bonds. The topological polar surface area (TPSA) is 15.3 Å². The lowest BCUT2D eigenvalue weighted by atomic mass is 9.84. The Labute approximate surface area is 123 Å². The molecule has 1 fully saturated rings.